The van der Waals surface area contributed by atoms with Crippen LogP contribution in [0.5, 0.6) is 0 Å². The predicted octanol–water partition coefficient (Wildman–Crippen LogP) is 0.586. The molecule has 1 aliphatic heterocycles. The van der Waals surface area contributed by atoms with Crippen LogP contribution in [0.3, 0.4) is 0 Å². The van der Waals surface area contributed by atoms with Crippen LogP contribution in [0, 0.1) is 5.41 Å². The van der Waals surface area contributed by atoms with Crippen LogP contribution in [-0.4, -0.2) is 36.3 Å². The van der Waals surface area contributed by atoms with Crippen molar-refractivity contribution in [1.29, 1.82) is 5.41 Å². The first-order valence-corrected chi connectivity index (χ1v) is 4.83. The zero-order valence-corrected chi connectivity index (χ0v) is 8.10. The molecule has 0 bridgehead atoms. The van der Waals surface area contributed by atoms with E-state index in [1.807, 2.05) is 11.8 Å². The predicted molar refractivity (Wildman–Crippen MR) is 51.8 cm³/mol. The van der Waals surface area contributed by atoms with Gasteiger partial charge in [0.05, 0.1) is 5.84 Å². The highest BCUT2D eigenvalue weighted by Crippen LogP contribution is 2.09. The van der Waals surface area contributed by atoms with Gasteiger partial charge in [-0.05, 0) is 13.3 Å². The quantitative estimate of drug-likeness (QED) is 0.670. The molecule has 0 aliphatic carbocycles. The molecule has 1 heterocycles. The number of hydrogen-bond donors (Lipinski definition) is 2. The zero-order valence-electron chi connectivity index (χ0n) is 8.10. The molecule has 0 aromatic carbocycles. The Labute approximate surface area is 78.8 Å². The molecule has 2 N–H and O–H groups in total. The van der Waals surface area contributed by atoms with Crippen molar-refractivity contribution in [2.24, 2.45) is 0 Å². The van der Waals surface area contributed by atoms with Gasteiger partial charge in [0.2, 0.25) is 5.91 Å². The topological polar surface area (TPSA) is 56.2 Å². The molecular weight excluding hydrogens is 166 g/mol. The fourth-order valence-corrected chi connectivity index (χ4v) is 1.50. The van der Waals surface area contributed by atoms with Gasteiger partial charge in [-0.2, -0.15) is 0 Å². The van der Waals surface area contributed by atoms with Crippen LogP contribution < -0.4 is 5.32 Å². The molecule has 0 radical (unpaired) electrons. The van der Waals surface area contributed by atoms with E-state index in [0.717, 1.165) is 19.4 Å². The van der Waals surface area contributed by atoms with E-state index in [-0.39, 0.29) is 5.91 Å². The molecule has 0 aromatic rings. The zero-order chi connectivity index (χ0) is 9.68. The Bertz CT molecular complexity index is 203. The summed E-state index contributed by atoms with van der Waals surface area (Å²) in [6, 6.07) is 0. The molecule has 4 heteroatoms. The summed E-state index contributed by atoms with van der Waals surface area (Å²) in [6.07, 6.45) is 2.44. The number of carbonyl (C=O) groups excluding carboxylic acids is 1. The Hall–Kier alpha value is -1.06. The van der Waals surface area contributed by atoms with Crippen LogP contribution in [0.1, 0.15) is 26.2 Å². The highest BCUT2D eigenvalue weighted by Gasteiger charge is 2.16. The molecule has 1 saturated heterocycles. The number of nitrogens with one attached hydrogen (secondary N) is 2. The van der Waals surface area contributed by atoms with Crippen molar-refractivity contribution in [3.63, 3.8) is 0 Å². The van der Waals surface area contributed by atoms with Gasteiger partial charge in [0.25, 0.3) is 0 Å². The second-order valence-corrected chi connectivity index (χ2v) is 3.24. The lowest BCUT2D eigenvalue weighted by Crippen LogP contribution is -2.31. The fourth-order valence-electron chi connectivity index (χ4n) is 1.50. The number of likely N-dealkylation sites (tertiary alicyclic amines) is 1. The minimum atomic E-state index is 0.0854. The number of rotatable bonds is 4. The van der Waals surface area contributed by atoms with E-state index in [2.05, 4.69) is 5.32 Å². The van der Waals surface area contributed by atoms with Gasteiger partial charge in [-0.15, -0.1) is 0 Å². The maximum Gasteiger partial charge on any atom is 0.221 e. The van der Waals surface area contributed by atoms with Crippen LogP contribution in [-0.2, 0) is 4.79 Å². The third-order valence-electron chi connectivity index (χ3n) is 2.21. The van der Waals surface area contributed by atoms with Gasteiger partial charge < -0.3 is 10.2 Å². The number of amides is 1. The van der Waals surface area contributed by atoms with E-state index in [4.69, 9.17) is 5.41 Å². The van der Waals surface area contributed by atoms with Gasteiger partial charge in [0, 0.05) is 32.5 Å². The van der Waals surface area contributed by atoms with Crippen molar-refractivity contribution in [2.45, 2.75) is 26.2 Å². The van der Waals surface area contributed by atoms with E-state index in [9.17, 15) is 4.79 Å². The third kappa shape index (κ3) is 3.05. The highest BCUT2D eigenvalue weighted by atomic mass is 16.1. The summed E-state index contributed by atoms with van der Waals surface area (Å²) in [7, 11) is 0. The van der Waals surface area contributed by atoms with E-state index in [1.165, 1.54) is 0 Å². The average Bonchev–Trinajstić information content (AvgIpc) is 2.48. The Morgan fingerprint density at radius 2 is 2.46 bits per heavy atom. The van der Waals surface area contributed by atoms with Crippen molar-refractivity contribution >= 4 is 11.7 Å². The van der Waals surface area contributed by atoms with E-state index >= 15 is 0 Å². The van der Waals surface area contributed by atoms with Gasteiger partial charge in [-0.1, -0.05) is 0 Å². The SMILES string of the molecule is CCNC(=O)CCN1CCCC1=N. The van der Waals surface area contributed by atoms with Gasteiger partial charge in [-0.3, -0.25) is 10.2 Å². The number of hydrogen-bond acceptors (Lipinski definition) is 2. The third-order valence-corrected chi connectivity index (χ3v) is 2.21. The summed E-state index contributed by atoms with van der Waals surface area (Å²) >= 11 is 0. The summed E-state index contributed by atoms with van der Waals surface area (Å²) in [5, 5.41) is 10.3. The molecule has 1 fully saturated rings. The van der Waals surface area contributed by atoms with Crippen molar-refractivity contribution < 1.29 is 4.79 Å². The standard InChI is InChI=1S/C9H17N3O/c1-2-11-9(13)5-7-12-6-3-4-8(12)10/h10H,2-7H2,1H3,(H,11,13). The van der Waals surface area contributed by atoms with E-state index < -0.39 is 0 Å². The molecule has 4 nitrogen and oxygen atoms in total. The Morgan fingerprint density at radius 1 is 1.69 bits per heavy atom. The lowest BCUT2D eigenvalue weighted by molar-refractivity contribution is -0.121. The van der Waals surface area contributed by atoms with E-state index in [0.29, 0.717) is 25.3 Å². The molecule has 0 saturated carbocycles. The summed E-state index contributed by atoms with van der Waals surface area (Å²) in [5.41, 5.74) is 0. The molecule has 1 aliphatic rings. The van der Waals surface area contributed by atoms with Gasteiger partial charge in [-0.25, -0.2) is 0 Å². The van der Waals surface area contributed by atoms with Crippen molar-refractivity contribution in [1.82, 2.24) is 10.2 Å². The van der Waals surface area contributed by atoms with E-state index in [1.54, 1.807) is 0 Å². The maximum atomic E-state index is 11.1. The van der Waals surface area contributed by atoms with Crippen LogP contribution in [0.2, 0.25) is 0 Å². The summed E-state index contributed by atoms with van der Waals surface area (Å²) in [6.45, 7) is 4.25. The average molecular weight is 183 g/mol. The normalized spacial score (nSPS) is 16.4. The first-order valence-electron chi connectivity index (χ1n) is 4.83. The first kappa shape index (κ1) is 10.0. The van der Waals surface area contributed by atoms with Crippen molar-refractivity contribution in [2.75, 3.05) is 19.6 Å². The minimum Gasteiger partial charge on any atom is -0.360 e. The van der Waals surface area contributed by atoms with Crippen LogP contribution in [0.15, 0.2) is 0 Å². The molecular formula is C9H17N3O. The van der Waals surface area contributed by atoms with Gasteiger partial charge >= 0.3 is 0 Å². The lowest BCUT2D eigenvalue weighted by Gasteiger charge is -2.16. The summed E-state index contributed by atoms with van der Waals surface area (Å²) in [5.74, 6) is 0.770. The van der Waals surface area contributed by atoms with Crippen LogP contribution >= 0.6 is 0 Å². The molecule has 0 spiro atoms. The second-order valence-electron chi connectivity index (χ2n) is 3.24. The van der Waals surface area contributed by atoms with Crippen molar-refractivity contribution in [3.8, 4) is 0 Å². The molecule has 74 valence electrons. The number of nitrogens with zero attached hydrogens (tertiary/aromatic N) is 1. The fraction of sp³-hybridized carbons (Fsp3) is 0.778. The lowest BCUT2D eigenvalue weighted by atomic mass is 10.3. The van der Waals surface area contributed by atoms with Crippen LogP contribution in [0.25, 0.3) is 0 Å². The molecule has 1 rings (SSSR count). The Morgan fingerprint density at radius 3 is 3.00 bits per heavy atom. The monoisotopic (exact) mass is 183 g/mol. The number of amidine groups is 1. The number of carbonyl (C=O) groups is 1. The molecule has 0 unspecified atom stereocenters. The van der Waals surface area contributed by atoms with Gasteiger partial charge in [0.15, 0.2) is 0 Å². The molecule has 0 aromatic heterocycles. The smallest absolute Gasteiger partial charge is 0.221 e. The van der Waals surface area contributed by atoms with Crippen LogP contribution in [0.4, 0.5) is 0 Å². The van der Waals surface area contributed by atoms with Crippen molar-refractivity contribution in [3.05, 3.63) is 0 Å². The summed E-state index contributed by atoms with van der Waals surface area (Å²) in [4.78, 5) is 13.1. The molecule has 0 atom stereocenters. The largest absolute Gasteiger partial charge is 0.360 e. The Balaban J connectivity index is 2.18. The minimum absolute atomic E-state index is 0.0854. The highest BCUT2D eigenvalue weighted by molar-refractivity contribution is 5.82. The summed E-state index contributed by atoms with van der Waals surface area (Å²) < 4.78 is 0. The molecule has 1 amide bonds. The molecule has 13 heavy (non-hydrogen) atoms. The second kappa shape index (κ2) is 4.84. The van der Waals surface area contributed by atoms with Gasteiger partial charge in [0.1, 0.15) is 0 Å². The Kier molecular flexibility index (Phi) is 3.73. The first-order chi connectivity index (χ1) is 6.24. The maximum absolute atomic E-state index is 11.1.